The van der Waals surface area contributed by atoms with E-state index in [0.29, 0.717) is 31.7 Å². The average Bonchev–Trinajstić information content (AvgIpc) is 3.12. The largest absolute Gasteiger partial charge is 0.379 e. The van der Waals surface area contributed by atoms with Crippen LogP contribution in [0.5, 0.6) is 0 Å². The Bertz CT molecular complexity index is 276. The minimum absolute atomic E-state index is 0.0569. The minimum Gasteiger partial charge on any atom is -0.379 e. The van der Waals surface area contributed by atoms with Crippen molar-refractivity contribution in [1.82, 2.24) is 10.6 Å². The molecule has 19 heavy (non-hydrogen) atoms. The Hall–Kier alpha value is -0.810. The summed E-state index contributed by atoms with van der Waals surface area (Å²) in [6.07, 6.45) is 5.89. The Morgan fingerprint density at radius 2 is 2.26 bits per heavy atom. The van der Waals surface area contributed by atoms with Crippen LogP contribution in [-0.4, -0.2) is 44.5 Å². The standard InChI is InChI=1S/C14H26N2O3/c1-11(12-5-6-12)16-14(17)15-7-3-8-18-10-13-4-2-9-19-13/h11-13H,2-10H2,1H3,(H2,15,16,17). The van der Waals surface area contributed by atoms with Crippen molar-refractivity contribution in [2.75, 3.05) is 26.4 Å². The van der Waals surface area contributed by atoms with Crippen molar-refractivity contribution in [3.05, 3.63) is 0 Å². The molecule has 0 bridgehead atoms. The number of carbonyl (C=O) groups is 1. The monoisotopic (exact) mass is 270 g/mol. The van der Waals surface area contributed by atoms with E-state index >= 15 is 0 Å². The van der Waals surface area contributed by atoms with E-state index in [1.54, 1.807) is 0 Å². The van der Waals surface area contributed by atoms with Crippen LogP contribution in [0.25, 0.3) is 0 Å². The van der Waals surface area contributed by atoms with Crippen molar-refractivity contribution < 1.29 is 14.3 Å². The molecule has 5 nitrogen and oxygen atoms in total. The molecule has 1 saturated carbocycles. The van der Waals surface area contributed by atoms with E-state index in [2.05, 4.69) is 17.6 Å². The van der Waals surface area contributed by atoms with E-state index in [1.807, 2.05) is 0 Å². The molecule has 2 rings (SSSR count). The van der Waals surface area contributed by atoms with Gasteiger partial charge in [0.15, 0.2) is 0 Å². The van der Waals surface area contributed by atoms with Crippen LogP contribution in [0.15, 0.2) is 0 Å². The summed E-state index contributed by atoms with van der Waals surface area (Å²) in [4.78, 5) is 11.5. The van der Waals surface area contributed by atoms with E-state index in [-0.39, 0.29) is 12.1 Å². The molecule has 2 fully saturated rings. The highest BCUT2D eigenvalue weighted by atomic mass is 16.5. The number of carbonyl (C=O) groups excluding carboxylic acids is 1. The maximum Gasteiger partial charge on any atom is 0.315 e. The molecule has 0 radical (unpaired) electrons. The summed E-state index contributed by atoms with van der Waals surface area (Å²) in [7, 11) is 0. The highest BCUT2D eigenvalue weighted by Gasteiger charge is 2.28. The van der Waals surface area contributed by atoms with Crippen LogP contribution in [0, 0.1) is 5.92 Å². The Balaban J connectivity index is 1.39. The van der Waals surface area contributed by atoms with Crippen molar-refractivity contribution in [2.45, 2.75) is 51.2 Å². The van der Waals surface area contributed by atoms with Crippen LogP contribution < -0.4 is 10.6 Å². The van der Waals surface area contributed by atoms with Crippen LogP contribution in [0.2, 0.25) is 0 Å². The summed E-state index contributed by atoms with van der Waals surface area (Å²) in [5, 5.41) is 5.83. The first kappa shape index (κ1) is 14.6. The molecular weight excluding hydrogens is 244 g/mol. The summed E-state index contributed by atoms with van der Waals surface area (Å²) < 4.78 is 11.0. The SMILES string of the molecule is CC(NC(=O)NCCCOCC1CCCO1)C1CC1. The van der Waals surface area contributed by atoms with Crippen LogP contribution in [0.4, 0.5) is 4.79 Å². The van der Waals surface area contributed by atoms with Gasteiger partial charge in [0.2, 0.25) is 0 Å². The van der Waals surface area contributed by atoms with Crippen LogP contribution in [0.3, 0.4) is 0 Å². The Labute approximate surface area is 115 Å². The van der Waals surface area contributed by atoms with Gasteiger partial charge >= 0.3 is 6.03 Å². The van der Waals surface area contributed by atoms with Crippen LogP contribution in [-0.2, 0) is 9.47 Å². The molecule has 2 N–H and O–H groups in total. The Morgan fingerprint density at radius 1 is 1.42 bits per heavy atom. The normalized spacial score (nSPS) is 24.2. The van der Waals surface area contributed by atoms with Crippen molar-refractivity contribution in [3.63, 3.8) is 0 Å². The molecule has 1 heterocycles. The fraction of sp³-hybridized carbons (Fsp3) is 0.929. The van der Waals surface area contributed by atoms with Gasteiger partial charge in [-0.2, -0.15) is 0 Å². The lowest BCUT2D eigenvalue weighted by atomic mass is 10.2. The second-order valence-electron chi connectivity index (χ2n) is 5.59. The maximum atomic E-state index is 11.5. The van der Waals surface area contributed by atoms with Gasteiger partial charge in [-0.1, -0.05) is 0 Å². The van der Waals surface area contributed by atoms with E-state index in [9.17, 15) is 4.79 Å². The molecule has 2 aliphatic rings. The van der Waals surface area contributed by atoms with Crippen molar-refractivity contribution in [1.29, 1.82) is 0 Å². The van der Waals surface area contributed by atoms with E-state index < -0.39 is 0 Å². The fourth-order valence-electron chi connectivity index (χ4n) is 2.34. The van der Waals surface area contributed by atoms with Gasteiger partial charge in [-0.15, -0.1) is 0 Å². The molecule has 0 aromatic carbocycles. The first-order valence-corrected chi connectivity index (χ1v) is 7.49. The summed E-state index contributed by atoms with van der Waals surface area (Å²) in [5.41, 5.74) is 0. The summed E-state index contributed by atoms with van der Waals surface area (Å²) in [6, 6.07) is 0.245. The summed E-state index contributed by atoms with van der Waals surface area (Å²) in [6.45, 7) is 4.97. The zero-order chi connectivity index (χ0) is 13.5. The first-order valence-electron chi connectivity index (χ1n) is 7.49. The fourth-order valence-corrected chi connectivity index (χ4v) is 2.34. The van der Waals surface area contributed by atoms with Gasteiger partial charge in [0, 0.05) is 25.8 Å². The number of rotatable bonds is 8. The molecule has 1 aliphatic heterocycles. The molecule has 110 valence electrons. The van der Waals surface area contributed by atoms with Gasteiger partial charge in [0.05, 0.1) is 12.7 Å². The number of ether oxygens (including phenoxy) is 2. The number of hydrogen-bond acceptors (Lipinski definition) is 3. The molecule has 0 spiro atoms. The smallest absolute Gasteiger partial charge is 0.315 e. The first-order chi connectivity index (χ1) is 9.25. The number of hydrogen-bond donors (Lipinski definition) is 2. The third-order valence-corrected chi connectivity index (χ3v) is 3.77. The van der Waals surface area contributed by atoms with Gasteiger partial charge in [-0.3, -0.25) is 0 Å². The lowest BCUT2D eigenvalue weighted by Gasteiger charge is -2.14. The summed E-state index contributed by atoms with van der Waals surface area (Å²) >= 11 is 0. The van der Waals surface area contributed by atoms with Gasteiger partial charge in [-0.05, 0) is 44.9 Å². The molecule has 0 aromatic heterocycles. The molecule has 2 unspecified atom stereocenters. The van der Waals surface area contributed by atoms with E-state index in [0.717, 1.165) is 25.9 Å². The molecule has 0 aromatic rings. The van der Waals surface area contributed by atoms with Crippen LogP contribution >= 0.6 is 0 Å². The zero-order valence-electron chi connectivity index (χ0n) is 11.8. The Morgan fingerprint density at radius 3 is 2.95 bits per heavy atom. The van der Waals surface area contributed by atoms with Crippen molar-refractivity contribution in [3.8, 4) is 0 Å². The van der Waals surface area contributed by atoms with Crippen LogP contribution in [0.1, 0.15) is 39.0 Å². The second kappa shape index (κ2) is 7.70. The van der Waals surface area contributed by atoms with Gasteiger partial charge in [0.25, 0.3) is 0 Å². The lowest BCUT2D eigenvalue weighted by molar-refractivity contribution is 0.0168. The van der Waals surface area contributed by atoms with Gasteiger partial charge in [-0.25, -0.2) is 4.79 Å². The highest BCUT2D eigenvalue weighted by Crippen LogP contribution is 2.32. The van der Waals surface area contributed by atoms with Crippen molar-refractivity contribution >= 4 is 6.03 Å². The zero-order valence-corrected chi connectivity index (χ0v) is 11.8. The molecule has 1 saturated heterocycles. The third kappa shape index (κ3) is 5.78. The quantitative estimate of drug-likeness (QED) is 0.660. The molecule has 5 heteroatoms. The minimum atomic E-state index is -0.0569. The van der Waals surface area contributed by atoms with Gasteiger partial charge < -0.3 is 20.1 Å². The Kier molecular flexibility index (Phi) is 5.92. The summed E-state index contributed by atoms with van der Waals surface area (Å²) in [5.74, 6) is 0.695. The van der Waals surface area contributed by atoms with E-state index in [1.165, 1.54) is 12.8 Å². The molecule has 2 atom stereocenters. The average molecular weight is 270 g/mol. The number of amides is 2. The van der Waals surface area contributed by atoms with E-state index in [4.69, 9.17) is 9.47 Å². The topological polar surface area (TPSA) is 59.6 Å². The predicted molar refractivity (Wildman–Crippen MR) is 73.1 cm³/mol. The molecular formula is C14H26N2O3. The highest BCUT2D eigenvalue weighted by molar-refractivity contribution is 5.74. The van der Waals surface area contributed by atoms with Gasteiger partial charge in [0.1, 0.15) is 0 Å². The second-order valence-corrected chi connectivity index (χ2v) is 5.59. The third-order valence-electron chi connectivity index (χ3n) is 3.77. The maximum absolute atomic E-state index is 11.5. The predicted octanol–water partition coefficient (Wildman–Crippen LogP) is 1.67. The molecule has 2 amide bonds. The number of nitrogens with one attached hydrogen (secondary N) is 2. The van der Waals surface area contributed by atoms with Crippen molar-refractivity contribution in [2.24, 2.45) is 5.92 Å². The molecule has 1 aliphatic carbocycles. The lowest BCUT2D eigenvalue weighted by Crippen LogP contribution is -2.42. The number of urea groups is 1.